The number of halogens is 8. The maximum absolute atomic E-state index is 15.1. The van der Waals surface area contributed by atoms with E-state index < -0.39 is 82.5 Å². The van der Waals surface area contributed by atoms with Gasteiger partial charge in [0.15, 0.2) is 17.4 Å². The Morgan fingerprint density at radius 2 is 1.62 bits per heavy atom. The number of aromatic nitrogens is 1. The first-order valence-corrected chi connectivity index (χ1v) is 9.53. The number of benzene rings is 2. The normalized spacial score (nSPS) is 13.2. The van der Waals surface area contributed by atoms with Crippen molar-refractivity contribution in [2.45, 2.75) is 19.4 Å². The van der Waals surface area contributed by atoms with Gasteiger partial charge in [-0.25, -0.2) is 8.78 Å². The molecule has 7 nitrogen and oxygen atoms in total. The third-order valence-electron chi connectivity index (χ3n) is 4.42. The Hall–Kier alpha value is -4.43. The van der Waals surface area contributed by atoms with E-state index in [1.54, 1.807) is 0 Å². The zero-order chi connectivity index (χ0) is 30.2. The Balaban J connectivity index is 2.17. The standard InChI is InChI=1S/C22H13F8N3O4/c1-9-13(4-5-15(17(9)23)37-22(28,29)30)36-14-3-2-11(21(25,26)27)18(24)16(14)20(35)33-10-6-7-32-12(8-10)19(31)34/h2-8H,1H3,(H2,31,34)(H,32,33,35)/i1D3. The van der Waals surface area contributed by atoms with Crippen LogP contribution in [0.2, 0.25) is 0 Å². The zero-order valence-electron chi connectivity index (χ0n) is 20.7. The third-order valence-corrected chi connectivity index (χ3v) is 4.42. The number of carbonyl (C=O) groups is 2. The van der Waals surface area contributed by atoms with Crippen molar-refractivity contribution in [2.24, 2.45) is 5.73 Å². The number of hydrogen-bond acceptors (Lipinski definition) is 5. The fourth-order valence-electron chi connectivity index (χ4n) is 2.86. The highest BCUT2D eigenvalue weighted by atomic mass is 19.4. The van der Waals surface area contributed by atoms with E-state index in [0.29, 0.717) is 18.2 Å². The van der Waals surface area contributed by atoms with Gasteiger partial charge in [0.05, 0.1) is 5.56 Å². The highest BCUT2D eigenvalue weighted by molar-refractivity contribution is 6.07. The van der Waals surface area contributed by atoms with Crippen molar-refractivity contribution >= 4 is 17.5 Å². The van der Waals surface area contributed by atoms with Crippen molar-refractivity contribution < 1.29 is 58.3 Å². The fourth-order valence-corrected chi connectivity index (χ4v) is 2.86. The molecular weight excluding hydrogens is 522 g/mol. The molecule has 0 spiro atoms. The molecule has 0 aliphatic carbocycles. The first-order valence-electron chi connectivity index (χ1n) is 11.0. The Morgan fingerprint density at radius 3 is 2.22 bits per heavy atom. The van der Waals surface area contributed by atoms with Crippen LogP contribution in [0.3, 0.4) is 0 Å². The number of carbonyl (C=O) groups excluding carboxylic acids is 2. The van der Waals surface area contributed by atoms with Crippen LogP contribution in [0.4, 0.5) is 40.8 Å². The van der Waals surface area contributed by atoms with E-state index in [1.807, 2.05) is 5.32 Å². The van der Waals surface area contributed by atoms with Gasteiger partial charge in [0.1, 0.15) is 22.8 Å². The van der Waals surface area contributed by atoms with Crippen LogP contribution in [0.15, 0.2) is 42.6 Å². The molecule has 0 saturated carbocycles. The Labute approximate surface area is 206 Å². The van der Waals surface area contributed by atoms with Crippen molar-refractivity contribution in [3.8, 4) is 17.2 Å². The summed E-state index contributed by atoms with van der Waals surface area (Å²) in [6, 6.07) is 3.25. The number of ether oxygens (including phenoxy) is 2. The van der Waals surface area contributed by atoms with Gasteiger partial charge >= 0.3 is 12.5 Å². The van der Waals surface area contributed by atoms with Gasteiger partial charge in [0, 0.05) is 21.6 Å². The molecule has 3 rings (SSSR count). The van der Waals surface area contributed by atoms with Gasteiger partial charge in [-0.3, -0.25) is 14.6 Å². The van der Waals surface area contributed by atoms with E-state index in [0.717, 1.165) is 18.3 Å². The number of pyridine rings is 1. The lowest BCUT2D eigenvalue weighted by Gasteiger charge is -2.18. The second kappa shape index (κ2) is 9.91. The van der Waals surface area contributed by atoms with Crippen molar-refractivity contribution in [2.75, 3.05) is 5.32 Å². The lowest BCUT2D eigenvalue weighted by molar-refractivity contribution is -0.275. The molecular formula is C22H13F8N3O4. The Morgan fingerprint density at radius 1 is 0.973 bits per heavy atom. The molecule has 1 heterocycles. The number of alkyl halides is 6. The van der Waals surface area contributed by atoms with E-state index in [9.17, 15) is 40.3 Å². The van der Waals surface area contributed by atoms with E-state index >= 15 is 4.39 Å². The molecule has 15 heteroatoms. The number of rotatable bonds is 6. The predicted molar refractivity (Wildman–Crippen MR) is 110 cm³/mol. The van der Waals surface area contributed by atoms with Crippen molar-refractivity contribution in [3.05, 3.63) is 76.6 Å². The quantitative estimate of drug-likeness (QED) is 0.391. The molecule has 0 aliphatic rings. The molecule has 0 unspecified atom stereocenters. The SMILES string of the molecule is [2H]C([2H])([2H])c1c(Oc2ccc(C(F)(F)F)c(F)c2C(=O)Nc2ccnc(C(N)=O)c2)ccc(OC(F)(F)F)c1F. The second-order valence-corrected chi connectivity index (χ2v) is 6.95. The lowest BCUT2D eigenvalue weighted by atomic mass is 10.1. The Bertz CT molecular complexity index is 1480. The average molecular weight is 538 g/mol. The second-order valence-electron chi connectivity index (χ2n) is 6.95. The summed E-state index contributed by atoms with van der Waals surface area (Å²) in [5.74, 6) is -10.7. The topological polar surface area (TPSA) is 104 Å². The summed E-state index contributed by atoms with van der Waals surface area (Å²) in [5, 5.41) is 1.99. The van der Waals surface area contributed by atoms with E-state index in [2.05, 4.69) is 9.72 Å². The predicted octanol–water partition coefficient (Wildman–Crippen LogP) is 5.73. The third kappa shape index (κ3) is 6.23. The zero-order valence-corrected chi connectivity index (χ0v) is 17.7. The van der Waals surface area contributed by atoms with Crippen LogP contribution in [0.5, 0.6) is 17.2 Å². The minimum Gasteiger partial charge on any atom is -0.456 e. The number of anilines is 1. The number of nitrogens with two attached hydrogens (primary N) is 1. The van der Waals surface area contributed by atoms with Crippen molar-refractivity contribution in [1.29, 1.82) is 0 Å². The summed E-state index contributed by atoms with van der Waals surface area (Å²) < 4.78 is 139. The minimum atomic E-state index is -5.43. The average Bonchev–Trinajstić information content (AvgIpc) is 2.78. The molecule has 3 N–H and O–H groups in total. The molecule has 1 aromatic heterocycles. The monoisotopic (exact) mass is 538 g/mol. The number of hydrogen-bond donors (Lipinski definition) is 2. The first kappa shape index (κ1) is 23.0. The molecule has 0 aliphatic heterocycles. The number of primary amides is 1. The van der Waals surface area contributed by atoms with Crippen molar-refractivity contribution in [3.63, 3.8) is 0 Å². The fraction of sp³-hybridized carbons (Fsp3) is 0.136. The van der Waals surface area contributed by atoms with Gasteiger partial charge in [-0.1, -0.05) is 0 Å². The smallest absolute Gasteiger partial charge is 0.456 e. The molecule has 2 aromatic carbocycles. The summed E-state index contributed by atoms with van der Waals surface area (Å²) in [4.78, 5) is 27.8. The number of amides is 2. The highest BCUT2D eigenvalue weighted by Gasteiger charge is 2.38. The lowest BCUT2D eigenvalue weighted by Crippen LogP contribution is -2.20. The molecule has 2 amide bonds. The molecule has 0 saturated heterocycles. The van der Waals surface area contributed by atoms with Crippen LogP contribution in [-0.4, -0.2) is 23.2 Å². The summed E-state index contributed by atoms with van der Waals surface area (Å²) in [7, 11) is 0. The molecule has 196 valence electrons. The van der Waals surface area contributed by atoms with Crippen LogP contribution in [0.1, 0.15) is 36.1 Å². The maximum atomic E-state index is 15.1. The summed E-state index contributed by atoms with van der Waals surface area (Å²) in [6.07, 6.45) is -9.79. The van der Waals surface area contributed by atoms with E-state index in [-0.39, 0.29) is 11.8 Å². The van der Waals surface area contributed by atoms with Gasteiger partial charge in [0.2, 0.25) is 0 Å². The molecule has 3 aromatic rings. The molecule has 0 bridgehead atoms. The number of nitrogens with zero attached hydrogens (tertiary/aromatic N) is 1. The Kier molecular flexibility index (Phi) is 6.16. The van der Waals surface area contributed by atoms with Gasteiger partial charge in [-0.2, -0.15) is 13.2 Å². The summed E-state index contributed by atoms with van der Waals surface area (Å²) in [5.41, 5.74) is -0.539. The van der Waals surface area contributed by atoms with Crippen LogP contribution < -0.4 is 20.5 Å². The van der Waals surface area contributed by atoms with E-state index in [4.69, 9.17) is 14.6 Å². The van der Waals surface area contributed by atoms with Gasteiger partial charge in [0.25, 0.3) is 11.8 Å². The van der Waals surface area contributed by atoms with Crippen LogP contribution in [0.25, 0.3) is 0 Å². The van der Waals surface area contributed by atoms with Crippen LogP contribution in [-0.2, 0) is 6.18 Å². The van der Waals surface area contributed by atoms with Gasteiger partial charge in [-0.05, 0) is 43.3 Å². The van der Waals surface area contributed by atoms with Gasteiger partial charge in [-0.15, -0.1) is 13.2 Å². The minimum absolute atomic E-state index is 0.131. The van der Waals surface area contributed by atoms with Gasteiger partial charge < -0.3 is 20.5 Å². The summed E-state index contributed by atoms with van der Waals surface area (Å²) >= 11 is 0. The largest absolute Gasteiger partial charge is 0.573 e. The summed E-state index contributed by atoms with van der Waals surface area (Å²) in [6.45, 7) is -3.53. The van der Waals surface area contributed by atoms with Crippen LogP contribution >= 0.6 is 0 Å². The molecule has 37 heavy (non-hydrogen) atoms. The number of nitrogens with one attached hydrogen (secondary N) is 1. The van der Waals surface area contributed by atoms with Crippen LogP contribution in [0, 0.1) is 18.5 Å². The van der Waals surface area contributed by atoms with Crippen molar-refractivity contribution in [1.82, 2.24) is 4.98 Å². The maximum Gasteiger partial charge on any atom is 0.573 e. The molecule has 0 radical (unpaired) electrons. The molecule has 0 fully saturated rings. The first-order chi connectivity index (χ1) is 18.3. The molecule has 0 atom stereocenters. The highest BCUT2D eigenvalue weighted by Crippen LogP contribution is 2.39. The van der Waals surface area contributed by atoms with E-state index in [1.165, 1.54) is 0 Å².